The predicted molar refractivity (Wildman–Crippen MR) is 68.1 cm³/mol. The van der Waals surface area contributed by atoms with Crippen molar-refractivity contribution in [1.29, 1.82) is 0 Å². The molecule has 7 heteroatoms. The number of hydrogen-bond donors (Lipinski definition) is 1. The zero-order chi connectivity index (χ0) is 13.7. The second-order valence-corrected chi connectivity index (χ2v) is 4.68. The summed E-state index contributed by atoms with van der Waals surface area (Å²) in [4.78, 5) is 22.7. The average molecular weight is 339 g/mol. The van der Waals surface area contributed by atoms with Crippen LogP contribution in [0.15, 0.2) is 22.7 Å². The van der Waals surface area contributed by atoms with Crippen LogP contribution in [-0.2, 0) is 9.53 Å². The number of benzene rings is 1. The van der Waals surface area contributed by atoms with Crippen LogP contribution in [0.2, 0.25) is 0 Å². The summed E-state index contributed by atoms with van der Waals surface area (Å²) >= 11 is 8.72. The van der Waals surface area contributed by atoms with E-state index >= 15 is 0 Å². The van der Waals surface area contributed by atoms with Gasteiger partial charge in [-0.2, -0.15) is 0 Å². The molecule has 1 aromatic carbocycles. The van der Waals surface area contributed by atoms with Gasteiger partial charge in [0.25, 0.3) is 5.91 Å². The SMILES string of the molecule is COC(=O)C(Cl)CNC(=O)c1c(F)cccc1Br. The summed E-state index contributed by atoms with van der Waals surface area (Å²) in [6.45, 7) is -0.145. The topological polar surface area (TPSA) is 55.4 Å². The first-order valence-corrected chi connectivity index (χ1v) is 6.14. The van der Waals surface area contributed by atoms with Gasteiger partial charge in [0.15, 0.2) is 0 Å². The number of carbonyl (C=O) groups excluding carboxylic acids is 2. The molecule has 0 heterocycles. The lowest BCUT2D eigenvalue weighted by Crippen LogP contribution is -2.34. The molecule has 0 saturated carbocycles. The predicted octanol–water partition coefficient (Wildman–Crippen LogP) is 2.10. The molecule has 1 aromatic rings. The molecular formula is C11H10BrClFNO3. The first-order chi connectivity index (χ1) is 8.47. The van der Waals surface area contributed by atoms with Gasteiger partial charge in [-0.3, -0.25) is 9.59 Å². The van der Waals surface area contributed by atoms with Gasteiger partial charge in [-0.05, 0) is 28.1 Å². The zero-order valence-corrected chi connectivity index (χ0v) is 11.7. The van der Waals surface area contributed by atoms with Gasteiger partial charge >= 0.3 is 5.97 Å². The highest BCUT2D eigenvalue weighted by Gasteiger charge is 2.19. The van der Waals surface area contributed by atoms with Gasteiger partial charge < -0.3 is 10.1 Å². The van der Waals surface area contributed by atoms with Gasteiger partial charge in [0.1, 0.15) is 11.2 Å². The minimum Gasteiger partial charge on any atom is -0.468 e. The second kappa shape index (κ2) is 6.70. The van der Waals surface area contributed by atoms with Crippen LogP contribution in [0.3, 0.4) is 0 Å². The molecule has 4 nitrogen and oxygen atoms in total. The summed E-state index contributed by atoms with van der Waals surface area (Å²) in [5.74, 6) is -1.98. The number of esters is 1. The number of hydrogen-bond acceptors (Lipinski definition) is 3. The van der Waals surface area contributed by atoms with E-state index in [4.69, 9.17) is 11.6 Å². The highest BCUT2D eigenvalue weighted by Crippen LogP contribution is 2.19. The lowest BCUT2D eigenvalue weighted by atomic mass is 10.2. The third kappa shape index (κ3) is 3.68. The summed E-state index contributed by atoms with van der Waals surface area (Å²) in [6.07, 6.45) is 0. The van der Waals surface area contributed by atoms with Crippen LogP contribution >= 0.6 is 27.5 Å². The summed E-state index contributed by atoms with van der Waals surface area (Å²) in [7, 11) is 1.19. The number of nitrogens with one attached hydrogen (secondary N) is 1. The molecule has 0 bridgehead atoms. The van der Waals surface area contributed by atoms with Gasteiger partial charge in [0.05, 0.1) is 12.7 Å². The molecule has 98 valence electrons. The molecule has 1 rings (SSSR count). The quantitative estimate of drug-likeness (QED) is 0.676. The number of halogens is 3. The van der Waals surface area contributed by atoms with Crippen molar-refractivity contribution in [3.05, 3.63) is 34.1 Å². The van der Waals surface area contributed by atoms with E-state index in [1.54, 1.807) is 0 Å². The molecule has 0 spiro atoms. The van der Waals surface area contributed by atoms with E-state index in [1.807, 2.05) is 0 Å². The van der Waals surface area contributed by atoms with E-state index < -0.39 is 23.1 Å². The molecule has 0 radical (unpaired) electrons. The third-order valence-corrected chi connectivity index (χ3v) is 3.08. The molecule has 0 aromatic heterocycles. The molecule has 0 aliphatic carbocycles. The van der Waals surface area contributed by atoms with Crippen molar-refractivity contribution in [1.82, 2.24) is 5.32 Å². The number of alkyl halides is 1. The number of methoxy groups -OCH3 is 1. The monoisotopic (exact) mass is 337 g/mol. The maximum atomic E-state index is 13.4. The van der Waals surface area contributed by atoms with Crippen LogP contribution in [0.1, 0.15) is 10.4 Å². The first kappa shape index (κ1) is 14.9. The van der Waals surface area contributed by atoms with Crippen LogP contribution in [-0.4, -0.2) is 30.9 Å². The number of ether oxygens (including phenoxy) is 1. The Hall–Kier alpha value is -1.14. The normalized spacial score (nSPS) is 11.8. The molecule has 0 saturated heterocycles. The van der Waals surface area contributed by atoms with Crippen molar-refractivity contribution in [2.75, 3.05) is 13.7 Å². The molecule has 1 amide bonds. The third-order valence-electron chi connectivity index (χ3n) is 2.09. The Labute approximate surface area is 117 Å². The summed E-state index contributed by atoms with van der Waals surface area (Å²) < 4.78 is 18.1. The molecule has 18 heavy (non-hydrogen) atoms. The van der Waals surface area contributed by atoms with E-state index in [-0.39, 0.29) is 12.1 Å². The highest BCUT2D eigenvalue weighted by atomic mass is 79.9. The summed E-state index contributed by atoms with van der Waals surface area (Å²) in [6, 6.07) is 4.17. The minimum absolute atomic E-state index is 0.133. The Balaban J connectivity index is 2.69. The fourth-order valence-electron chi connectivity index (χ4n) is 1.20. The van der Waals surface area contributed by atoms with Crippen molar-refractivity contribution >= 4 is 39.4 Å². The molecule has 1 N–H and O–H groups in total. The van der Waals surface area contributed by atoms with Crippen molar-refractivity contribution in [2.24, 2.45) is 0 Å². The Bertz CT molecular complexity index is 449. The molecule has 0 aliphatic heterocycles. The van der Waals surface area contributed by atoms with Crippen LogP contribution < -0.4 is 5.32 Å². The minimum atomic E-state index is -1.01. The van der Waals surface area contributed by atoms with Crippen molar-refractivity contribution in [3.8, 4) is 0 Å². The molecular weight excluding hydrogens is 328 g/mol. The fourth-order valence-corrected chi connectivity index (χ4v) is 1.88. The standard InChI is InChI=1S/C11H10BrClFNO3/c1-18-11(17)7(13)5-15-10(16)9-6(12)3-2-4-8(9)14/h2-4,7H,5H2,1H3,(H,15,16). The Morgan fingerprint density at radius 1 is 1.56 bits per heavy atom. The number of rotatable bonds is 4. The maximum absolute atomic E-state index is 13.4. The van der Waals surface area contributed by atoms with E-state index in [0.29, 0.717) is 4.47 Å². The Kier molecular flexibility index (Phi) is 5.55. The second-order valence-electron chi connectivity index (χ2n) is 3.30. The lowest BCUT2D eigenvalue weighted by molar-refractivity contribution is -0.140. The van der Waals surface area contributed by atoms with Crippen LogP contribution in [0.25, 0.3) is 0 Å². The molecule has 0 fully saturated rings. The van der Waals surface area contributed by atoms with Crippen molar-refractivity contribution < 1.29 is 18.7 Å². The molecule has 1 unspecified atom stereocenters. The fraction of sp³-hybridized carbons (Fsp3) is 0.273. The Morgan fingerprint density at radius 2 is 2.22 bits per heavy atom. The molecule has 0 aliphatic rings. The molecule has 1 atom stereocenters. The summed E-state index contributed by atoms with van der Waals surface area (Å²) in [5.41, 5.74) is -0.133. The first-order valence-electron chi connectivity index (χ1n) is 4.91. The van der Waals surface area contributed by atoms with Gasteiger partial charge in [0, 0.05) is 11.0 Å². The summed E-state index contributed by atoms with van der Waals surface area (Å²) in [5, 5.41) is 1.34. The number of amides is 1. The van der Waals surface area contributed by atoms with E-state index in [9.17, 15) is 14.0 Å². The number of carbonyl (C=O) groups is 2. The van der Waals surface area contributed by atoms with E-state index in [2.05, 4.69) is 26.0 Å². The van der Waals surface area contributed by atoms with Gasteiger partial charge in [0.2, 0.25) is 0 Å². The maximum Gasteiger partial charge on any atom is 0.325 e. The van der Waals surface area contributed by atoms with Crippen molar-refractivity contribution in [3.63, 3.8) is 0 Å². The van der Waals surface area contributed by atoms with Crippen molar-refractivity contribution in [2.45, 2.75) is 5.38 Å². The van der Waals surface area contributed by atoms with Crippen LogP contribution in [0.5, 0.6) is 0 Å². The van der Waals surface area contributed by atoms with Gasteiger partial charge in [-0.15, -0.1) is 11.6 Å². The Morgan fingerprint density at radius 3 is 2.78 bits per heavy atom. The van der Waals surface area contributed by atoms with E-state index in [1.165, 1.54) is 19.2 Å². The lowest BCUT2D eigenvalue weighted by Gasteiger charge is -2.10. The van der Waals surface area contributed by atoms with Gasteiger partial charge in [-0.25, -0.2) is 4.39 Å². The average Bonchev–Trinajstić information content (AvgIpc) is 2.34. The van der Waals surface area contributed by atoms with E-state index in [0.717, 1.165) is 6.07 Å². The van der Waals surface area contributed by atoms with Crippen LogP contribution in [0, 0.1) is 5.82 Å². The highest BCUT2D eigenvalue weighted by molar-refractivity contribution is 9.10. The van der Waals surface area contributed by atoms with Gasteiger partial charge in [-0.1, -0.05) is 6.07 Å². The zero-order valence-electron chi connectivity index (χ0n) is 9.38. The van der Waals surface area contributed by atoms with Crippen LogP contribution in [0.4, 0.5) is 4.39 Å². The smallest absolute Gasteiger partial charge is 0.325 e. The largest absolute Gasteiger partial charge is 0.468 e.